The summed E-state index contributed by atoms with van der Waals surface area (Å²) in [7, 11) is 0. The number of aliphatic hydroxyl groups excluding tert-OH is 1. The van der Waals surface area contributed by atoms with Crippen molar-refractivity contribution in [3.05, 3.63) is 35.9 Å². The molecule has 2 rings (SSSR count). The van der Waals surface area contributed by atoms with Gasteiger partial charge in [-0.1, -0.05) is 30.3 Å². The molecular weight excluding hydrogens is 254 g/mol. The van der Waals surface area contributed by atoms with Crippen molar-refractivity contribution in [2.24, 2.45) is 0 Å². The van der Waals surface area contributed by atoms with E-state index in [0.29, 0.717) is 26.2 Å². The summed E-state index contributed by atoms with van der Waals surface area (Å²) in [6.07, 6.45) is 3.48. The van der Waals surface area contributed by atoms with E-state index in [0.717, 1.165) is 19.3 Å². The van der Waals surface area contributed by atoms with Crippen molar-refractivity contribution in [1.82, 2.24) is 4.90 Å². The van der Waals surface area contributed by atoms with Crippen LogP contribution in [0.4, 0.5) is 0 Å². The van der Waals surface area contributed by atoms with Gasteiger partial charge in [-0.15, -0.1) is 0 Å². The second-order valence-corrected chi connectivity index (χ2v) is 5.19. The lowest BCUT2D eigenvalue weighted by molar-refractivity contribution is -0.141. The molecule has 1 heterocycles. The van der Waals surface area contributed by atoms with Crippen molar-refractivity contribution in [2.75, 3.05) is 26.4 Å². The van der Waals surface area contributed by atoms with E-state index in [1.807, 2.05) is 18.2 Å². The Bertz CT molecular complexity index is 407. The van der Waals surface area contributed by atoms with E-state index >= 15 is 0 Å². The molecule has 1 aliphatic rings. The topological polar surface area (TPSA) is 49.8 Å². The average Bonchev–Trinajstić information content (AvgIpc) is 2.52. The zero-order valence-electron chi connectivity index (χ0n) is 11.8. The monoisotopic (exact) mass is 277 g/mol. The third-order valence-corrected chi connectivity index (χ3v) is 3.71. The standard InChI is InChI=1S/C16H23NO3/c18-12-15-13-20-11-10-17(15)16(19)9-5-4-8-14-6-2-1-3-7-14/h1-3,6-7,15,18H,4-5,8-13H2/t15-/m0/s1. The van der Waals surface area contributed by atoms with Crippen LogP contribution in [0.15, 0.2) is 30.3 Å². The Balaban J connectivity index is 1.69. The van der Waals surface area contributed by atoms with Gasteiger partial charge in [-0.05, 0) is 24.8 Å². The maximum atomic E-state index is 12.1. The lowest BCUT2D eigenvalue weighted by Crippen LogP contribution is -2.50. The summed E-state index contributed by atoms with van der Waals surface area (Å²) in [6.45, 7) is 1.61. The van der Waals surface area contributed by atoms with Gasteiger partial charge in [-0.2, -0.15) is 0 Å². The van der Waals surface area contributed by atoms with Crippen LogP contribution in [0.2, 0.25) is 0 Å². The highest BCUT2D eigenvalue weighted by atomic mass is 16.5. The number of ether oxygens (including phenoxy) is 1. The van der Waals surface area contributed by atoms with E-state index < -0.39 is 0 Å². The Morgan fingerprint density at radius 1 is 1.30 bits per heavy atom. The van der Waals surface area contributed by atoms with Crippen LogP contribution in [0.5, 0.6) is 0 Å². The Labute approximate surface area is 120 Å². The van der Waals surface area contributed by atoms with Gasteiger partial charge >= 0.3 is 0 Å². The molecule has 1 saturated heterocycles. The molecule has 0 saturated carbocycles. The number of hydrogen-bond acceptors (Lipinski definition) is 3. The molecule has 20 heavy (non-hydrogen) atoms. The summed E-state index contributed by atoms with van der Waals surface area (Å²) < 4.78 is 5.28. The summed E-state index contributed by atoms with van der Waals surface area (Å²) in [5.41, 5.74) is 1.32. The number of aryl methyl sites for hydroxylation is 1. The van der Waals surface area contributed by atoms with Crippen LogP contribution < -0.4 is 0 Å². The molecule has 0 aliphatic carbocycles. The van der Waals surface area contributed by atoms with Crippen molar-refractivity contribution in [2.45, 2.75) is 31.7 Å². The predicted octanol–water partition coefficient (Wildman–Crippen LogP) is 1.62. The van der Waals surface area contributed by atoms with Crippen molar-refractivity contribution in [3.63, 3.8) is 0 Å². The van der Waals surface area contributed by atoms with Crippen molar-refractivity contribution in [1.29, 1.82) is 0 Å². The first-order valence-corrected chi connectivity index (χ1v) is 7.33. The number of carbonyl (C=O) groups is 1. The van der Waals surface area contributed by atoms with Gasteiger partial charge in [0.2, 0.25) is 5.91 Å². The largest absolute Gasteiger partial charge is 0.394 e. The second kappa shape index (κ2) is 8.02. The zero-order chi connectivity index (χ0) is 14.2. The zero-order valence-corrected chi connectivity index (χ0v) is 11.8. The van der Waals surface area contributed by atoms with Crippen LogP contribution in [0.1, 0.15) is 24.8 Å². The smallest absolute Gasteiger partial charge is 0.223 e. The summed E-state index contributed by atoms with van der Waals surface area (Å²) in [6, 6.07) is 10.2. The lowest BCUT2D eigenvalue weighted by Gasteiger charge is -2.34. The lowest BCUT2D eigenvalue weighted by atomic mass is 10.1. The molecule has 0 bridgehead atoms. The third kappa shape index (κ3) is 4.32. The first kappa shape index (κ1) is 15.0. The molecule has 1 aromatic rings. The van der Waals surface area contributed by atoms with Gasteiger partial charge in [0.25, 0.3) is 0 Å². The first-order valence-electron chi connectivity index (χ1n) is 7.33. The quantitative estimate of drug-likeness (QED) is 0.804. The predicted molar refractivity (Wildman–Crippen MR) is 77.4 cm³/mol. The summed E-state index contributed by atoms with van der Waals surface area (Å²) >= 11 is 0. The Morgan fingerprint density at radius 2 is 2.10 bits per heavy atom. The molecule has 0 unspecified atom stereocenters. The van der Waals surface area contributed by atoms with Crippen LogP contribution in [0.3, 0.4) is 0 Å². The average molecular weight is 277 g/mol. The summed E-state index contributed by atoms with van der Waals surface area (Å²) in [4.78, 5) is 13.9. The molecule has 0 radical (unpaired) electrons. The van der Waals surface area contributed by atoms with E-state index in [-0.39, 0.29) is 18.6 Å². The third-order valence-electron chi connectivity index (χ3n) is 3.71. The van der Waals surface area contributed by atoms with E-state index in [4.69, 9.17) is 4.74 Å². The van der Waals surface area contributed by atoms with Gasteiger partial charge in [0, 0.05) is 13.0 Å². The highest BCUT2D eigenvalue weighted by Crippen LogP contribution is 2.12. The maximum absolute atomic E-state index is 12.1. The van der Waals surface area contributed by atoms with Crippen LogP contribution >= 0.6 is 0 Å². The molecule has 0 spiro atoms. The fourth-order valence-electron chi connectivity index (χ4n) is 2.53. The molecule has 0 aromatic heterocycles. The molecule has 4 nitrogen and oxygen atoms in total. The van der Waals surface area contributed by atoms with Gasteiger partial charge in [-0.25, -0.2) is 0 Å². The number of unbranched alkanes of at least 4 members (excludes halogenated alkanes) is 1. The van der Waals surface area contributed by atoms with Crippen LogP contribution in [0, 0.1) is 0 Å². The molecule has 1 N–H and O–H groups in total. The second-order valence-electron chi connectivity index (χ2n) is 5.19. The molecule has 1 aromatic carbocycles. The molecule has 1 amide bonds. The molecular formula is C16H23NO3. The minimum atomic E-state index is -0.162. The number of aliphatic hydroxyl groups is 1. The fraction of sp³-hybridized carbons (Fsp3) is 0.562. The summed E-state index contributed by atoms with van der Waals surface area (Å²) in [5, 5.41) is 9.26. The van der Waals surface area contributed by atoms with E-state index in [2.05, 4.69) is 12.1 Å². The van der Waals surface area contributed by atoms with Gasteiger partial charge in [0.15, 0.2) is 0 Å². The van der Waals surface area contributed by atoms with Crippen molar-refractivity contribution >= 4 is 5.91 Å². The van der Waals surface area contributed by atoms with Crippen molar-refractivity contribution < 1.29 is 14.6 Å². The molecule has 110 valence electrons. The molecule has 1 fully saturated rings. The van der Waals surface area contributed by atoms with Gasteiger partial charge < -0.3 is 14.7 Å². The number of carbonyl (C=O) groups excluding carboxylic acids is 1. The number of morpholine rings is 1. The van der Waals surface area contributed by atoms with Gasteiger partial charge in [0.05, 0.1) is 25.9 Å². The maximum Gasteiger partial charge on any atom is 0.223 e. The van der Waals surface area contributed by atoms with Gasteiger partial charge in [0.1, 0.15) is 0 Å². The molecule has 1 atom stereocenters. The van der Waals surface area contributed by atoms with Crippen LogP contribution in [-0.2, 0) is 16.0 Å². The first-order chi connectivity index (χ1) is 9.81. The highest BCUT2D eigenvalue weighted by Gasteiger charge is 2.25. The van der Waals surface area contributed by atoms with Crippen molar-refractivity contribution in [3.8, 4) is 0 Å². The normalized spacial score (nSPS) is 19.1. The number of rotatable bonds is 6. The molecule has 1 aliphatic heterocycles. The van der Waals surface area contributed by atoms with E-state index in [1.54, 1.807) is 4.90 Å². The SMILES string of the molecule is O=C(CCCCc1ccccc1)N1CCOC[C@@H]1CO. The highest BCUT2D eigenvalue weighted by molar-refractivity contribution is 5.76. The van der Waals surface area contributed by atoms with Crippen LogP contribution in [-0.4, -0.2) is 48.3 Å². The van der Waals surface area contributed by atoms with E-state index in [9.17, 15) is 9.90 Å². The Kier molecular flexibility index (Phi) is 6.02. The Hall–Kier alpha value is -1.39. The van der Waals surface area contributed by atoms with Crippen LogP contribution in [0.25, 0.3) is 0 Å². The number of nitrogens with zero attached hydrogens (tertiary/aromatic N) is 1. The molecule has 4 heteroatoms. The number of benzene rings is 1. The Morgan fingerprint density at radius 3 is 2.85 bits per heavy atom. The number of hydrogen-bond donors (Lipinski definition) is 1. The minimum absolute atomic E-state index is 0.0181. The van der Waals surface area contributed by atoms with Gasteiger partial charge in [-0.3, -0.25) is 4.79 Å². The summed E-state index contributed by atoms with van der Waals surface area (Å²) in [5.74, 6) is 0.139. The minimum Gasteiger partial charge on any atom is -0.394 e. The fourth-order valence-corrected chi connectivity index (χ4v) is 2.53. The number of amides is 1. The van der Waals surface area contributed by atoms with E-state index in [1.165, 1.54) is 5.56 Å².